The van der Waals surface area contributed by atoms with Gasteiger partial charge in [-0.1, -0.05) is 0 Å². The second-order valence-electron chi connectivity index (χ2n) is 0. The minimum atomic E-state index is 1.62. The minimum absolute atomic E-state index is 1.62. The van der Waals surface area contributed by atoms with Gasteiger partial charge in [0.15, 0.2) is 0 Å². The Balaban J connectivity index is 0. The Bertz CT molecular complexity index is 4.00. The number of hydrogen-bond donors (Lipinski definition) is 0. The fraction of sp³-hybridized carbons (Fsp3) is 0. The Kier molecular flexibility index (Phi) is 46.5. The summed E-state index contributed by atoms with van der Waals surface area (Å²) < 4.78 is 0. The summed E-state index contributed by atoms with van der Waals surface area (Å²) in [5, 5.41) is 0. The maximum absolute atomic E-state index is 4.61. The van der Waals surface area contributed by atoms with E-state index in [1.165, 1.54) is 0 Å². The highest BCUT2D eigenvalue weighted by molar-refractivity contribution is 14.1. The van der Waals surface area contributed by atoms with Gasteiger partial charge in [-0.15, -0.1) is 0 Å². The van der Waals surface area contributed by atoms with Crippen molar-refractivity contribution in [3.05, 3.63) is 0 Å². The average Bonchev–Trinajstić information content (AvgIpc) is 1.50. The molecule has 0 radical (unpaired) electrons. The summed E-state index contributed by atoms with van der Waals surface area (Å²) in [6.07, 6.45) is 0. The molecule has 0 aliphatic carbocycles. The molecule has 0 saturated carbocycles. The van der Waals surface area contributed by atoms with E-state index in [0.29, 0.717) is 0 Å². The standard InChI is InChI=1S/2ClI/c2*1-2. The van der Waals surface area contributed by atoms with E-state index in [9.17, 15) is 0 Å². The summed E-state index contributed by atoms with van der Waals surface area (Å²) in [5.74, 6) is 0. The van der Waals surface area contributed by atoms with Gasteiger partial charge >= 0.3 is 0 Å². The van der Waals surface area contributed by atoms with Crippen LogP contribution in [0.1, 0.15) is 0 Å². The highest BCUT2D eigenvalue weighted by atomic mass is 127. The summed E-state index contributed by atoms with van der Waals surface area (Å²) in [5.41, 5.74) is 0. The highest BCUT2D eigenvalue weighted by Crippen LogP contribution is 1.79. The van der Waals surface area contributed by atoms with Gasteiger partial charge in [0.1, 0.15) is 0 Å². The molecular weight excluding hydrogens is 325 g/mol. The number of rotatable bonds is 0. The molecule has 0 nitrogen and oxygen atoms in total. The largest absolute Gasteiger partial charge is 0.0425 e. The summed E-state index contributed by atoms with van der Waals surface area (Å²) >= 11 is 3.24. The van der Waals surface area contributed by atoms with E-state index < -0.39 is 0 Å². The molecule has 4 heavy (non-hydrogen) atoms. The van der Waals surface area contributed by atoms with Crippen molar-refractivity contribution >= 4 is 60.7 Å². The fourth-order valence-electron chi connectivity index (χ4n) is 0. The molecule has 0 fully saturated rings. The predicted molar refractivity (Wildman–Crippen MR) is 39.7 cm³/mol. The van der Waals surface area contributed by atoms with Crippen molar-refractivity contribution in [3.63, 3.8) is 0 Å². The molecule has 4 heteroatoms. The molecular formula is Cl2I2. The molecule has 0 aromatic heterocycles. The maximum atomic E-state index is 4.61. The van der Waals surface area contributed by atoms with Crippen molar-refractivity contribution < 1.29 is 0 Å². The van der Waals surface area contributed by atoms with Crippen LogP contribution in [0.5, 0.6) is 0 Å². The van der Waals surface area contributed by atoms with E-state index in [0.717, 1.165) is 0 Å². The second-order valence-corrected chi connectivity index (χ2v) is 0. The van der Waals surface area contributed by atoms with Crippen LogP contribution in [0.15, 0.2) is 0 Å². The van der Waals surface area contributed by atoms with Crippen molar-refractivity contribution in [2.24, 2.45) is 0 Å². The van der Waals surface area contributed by atoms with Crippen LogP contribution in [0.3, 0.4) is 0 Å². The Morgan fingerprint density at radius 3 is 0.750 bits per heavy atom. The molecule has 0 aliphatic heterocycles. The Hall–Kier alpha value is 2.04. The van der Waals surface area contributed by atoms with E-state index in [1.807, 2.05) is 0 Å². The topological polar surface area (TPSA) is 0 Å². The SMILES string of the molecule is ClI.ClI. The third-order valence-corrected chi connectivity index (χ3v) is 0. The zero-order valence-electron chi connectivity index (χ0n) is 1.51. The summed E-state index contributed by atoms with van der Waals surface area (Å²) in [7, 11) is 9.22. The van der Waals surface area contributed by atoms with E-state index >= 15 is 0 Å². The molecule has 0 bridgehead atoms. The first-order valence-electron chi connectivity index (χ1n) is 0.286. The van der Waals surface area contributed by atoms with Crippen LogP contribution in [-0.4, -0.2) is 0 Å². The molecule has 0 heterocycles. The quantitative estimate of drug-likeness (QED) is 0.601. The van der Waals surface area contributed by atoms with Crippen LogP contribution in [0.2, 0.25) is 0 Å². The van der Waals surface area contributed by atoms with Crippen molar-refractivity contribution in [1.82, 2.24) is 0 Å². The molecule has 28 valence electrons. The molecule has 0 spiro atoms. The lowest BCUT2D eigenvalue weighted by Gasteiger charge is -1.00. The van der Waals surface area contributed by atoms with Gasteiger partial charge in [-0.2, -0.15) is 0 Å². The summed E-state index contributed by atoms with van der Waals surface area (Å²) in [6.45, 7) is 0. The lowest BCUT2D eigenvalue weighted by Crippen LogP contribution is -0.217. The molecule has 0 N–H and O–H groups in total. The fourth-order valence-corrected chi connectivity index (χ4v) is 0. The lowest BCUT2D eigenvalue weighted by molar-refractivity contribution is 5.73. The molecule has 0 rings (SSSR count). The van der Waals surface area contributed by atoms with E-state index in [1.54, 1.807) is 42.9 Å². The van der Waals surface area contributed by atoms with Gasteiger partial charge in [0, 0.05) is 42.9 Å². The van der Waals surface area contributed by atoms with Crippen molar-refractivity contribution in [3.8, 4) is 0 Å². The van der Waals surface area contributed by atoms with Crippen LogP contribution < -0.4 is 0 Å². The van der Waals surface area contributed by atoms with Crippen LogP contribution in [0.25, 0.3) is 0 Å². The first-order valence-corrected chi connectivity index (χ1v) is 5.75. The zero-order valence-corrected chi connectivity index (χ0v) is 7.34. The lowest BCUT2D eigenvalue weighted by atomic mass is 35.4. The van der Waals surface area contributed by atoms with Crippen molar-refractivity contribution in [2.45, 2.75) is 0 Å². The minimum Gasteiger partial charge on any atom is -0.0425 e. The highest BCUT2D eigenvalue weighted by Gasteiger charge is 1.00. The van der Waals surface area contributed by atoms with Crippen molar-refractivity contribution in [1.29, 1.82) is 0 Å². The third kappa shape index (κ3) is 8.97. The monoisotopic (exact) mass is 324 g/mol. The smallest absolute Gasteiger partial charge is 0.0425 e. The molecule has 0 saturated heterocycles. The predicted octanol–water partition coefficient (Wildman–Crippen LogP) is 3.15. The Labute approximate surface area is 59.9 Å². The molecule has 0 aromatic carbocycles. The average molecular weight is 325 g/mol. The Morgan fingerprint density at radius 1 is 0.750 bits per heavy atom. The third-order valence-electron chi connectivity index (χ3n) is 0. The van der Waals surface area contributed by atoms with E-state index in [-0.39, 0.29) is 0 Å². The maximum Gasteiger partial charge on any atom is 0.0425 e. The molecule has 0 atom stereocenters. The summed E-state index contributed by atoms with van der Waals surface area (Å²) in [4.78, 5) is 0. The number of hydrogen-bond acceptors (Lipinski definition) is 0. The second kappa shape index (κ2) is 19.8. The van der Waals surface area contributed by atoms with Gasteiger partial charge in [0.2, 0.25) is 0 Å². The zero-order chi connectivity index (χ0) is 4.00. The van der Waals surface area contributed by atoms with Gasteiger partial charge in [-0.25, -0.2) is 0 Å². The first kappa shape index (κ1) is 9.40. The first-order chi connectivity index (χ1) is 2.00. The van der Waals surface area contributed by atoms with Crippen molar-refractivity contribution in [2.75, 3.05) is 0 Å². The summed E-state index contributed by atoms with van der Waals surface area (Å²) in [6, 6.07) is 0. The molecule has 0 unspecified atom stereocenters. The van der Waals surface area contributed by atoms with E-state index in [4.69, 9.17) is 0 Å². The molecule has 0 amide bonds. The number of halogens is 4. The van der Waals surface area contributed by atoms with Gasteiger partial charge in [-0.3, -0.25) is 0 Å². The van der Waals surface area contributed by atoms with Gasteiger partial charge in [0.05, 0.1) is 0 Å². The van der Waals surface area contributed by atoms with E-state index in [2.05, 4.69) is 17.8 Å². The van der Waals surface area contributed by atoms with Crippen LogP contribution >= 0.6 is 60.7 Å². The van der Waals surface area contributed by atoms with Gasteiger partial charge in [-0.05, 0) is 17.8 Å². The Morgan fingerprint density at radius 2 is 0.750 bits per heavy atom. The van der Waals surface area contributed by atoms with Gasteiger partial charge < -0.3 is 0 Å². The van der Waals surface area contributed by atoms with Crippen LogP contribution in [0, 0.1) is 0 Å². The van der Waals surface area contributed by atoms with Gasteiger partial charge in [0.25, 0.3) is 0 Å². The van der Waals surface area contributed by atoms with Crippen LogP contribution in [-0.2, 0) is 0 Å². The normalized spacial score (nSPS) is 3.00. The van der Waals surface area contributed by atoms with Crippen LogP contribution in [0.4, 0.5) is 0 Å². The molecule has 0 aromatic rings. The molecule has 0 aliphatic rings.